The van der Waals surface area contributed by atoms with Gasteiger partial charge in [0.1, 0.15) is 6.61 Å². The Hall–Kier alpha value is -1.92. The molecule has 4 nitrogen and oxygen atoms in total. The SMILES string of the molecule is CC(C)S(=O)(=O)NC1Cc2ccc(COc3ccccc3F)cc2C1. The Morgan fingerprint density at radius 2 is 1.88 bits per heavy atom. The van der Waals surface area contributed by atoms with E-state index in [1.807, 2.05) is 18.2 Å². The fourth-order valence-electron chi connectivity index (χ4n) is 2.94. The van der Waals surface area contributed by atoms with Gasteiger partial charge >= 0.3 is 0 Å². The molecular weight excluding hydrogens is 341 g/mol. The van der Waals surface area contributed by atoms with Crippen LogP contribution in [-0.4, -0.2) is 19.7 Å². The molecule has 0 aromatic heterocycles. The van der Waals surface area contributed by atoms with Crippen LogP contribution in [0.2, 0.25) is 0 Å². The highest BCUT2D eigenvalue weighted by Crippen LogP contribution is 2.25. The van der Waals surface area contributed by atoms with Crippen molar-refractivity contribution in [2.75, 3.05) is 0 Å². The normalized spacial score (nSPS) is 16.9. The van der Waals surface area contributed by atoms with Crippen LogP contribution < -0.4 is 9.46 Å². The molecule has 0 aliphatic heterocycles. The lowest BCUT2D eigenvalue weighted by Gasteiger charge is -2.14. The number of benzene rings is 2. The van der Waals surface area contributed by atoms with E-state index in [1.54, 1.807) is 32.0 Å². The predicted octanol–water partition coefficient (Wildman–Crippen LogP) is 3.20. The maximum atomic E-state index is 13.6. The number of fused-ring (bicyclic) bond motifs is 1. The molecule has 1 N–H and O–H groups in total. The lowest BCUT2D eigenvalue weighted by molar-refractivity contribution is 0.290. The average molecular weight is 363 g/mol. The van der Waals surface area contributed by atoms with Crippen LogP contribution in [0.5, 0.6) is 5.75 Å². The van der Waals surface area contributed by atoms with Gasteiger partial charge < -0.3 is 4.74 Å². The zero-order valence-electron chi connectivity index (χ0n) is 14.3. The smallest absolute Gasteiger partial charge is 0.214 e. The van der Waals surface area contributed by atoms with E-state index in [4.69, 9.17) is 4.74 Å². The van der Waals surface area contributed by atoms with Gasteiger partial charge in [0.05, 0.1) is 5.25 Å². The summed E-state index contributed by atoms with van der Waals surface area (Å²) in [6, 6.07) is 12.2. The molecule has 2 aromatic carbocycles. The van der Waals surface area contributed by atoms with Crippen LogP contribution in [0.15, 0.2) is 42.5 Å². The van der Waals surface area contributed by atoms with E-state index in [-0.39, 0.29) is 24.2 Å². The largest absolute Gasteiger partial charge is 0.486 e. The van der Waals surface area contributed by atoms with E-state index in [0.29, 0.717) is 12.8 Å². The molecule has 0 heterocycles. The number of rotatable bonds is 6. The van der Waals surface area contributed by atoms with Gasteiger partial charge in [-0.1, -0.05) is 30.3 Å². The van der Waals surface area contributed by atoms with Crippen molar-refractivity contribution < 1.29 is 17.5 Å². The minimum Gasteiger partial charge on any atom is -0.486 e. The van der Waals surface area contributed by atoms with Crippen molar-refractivity contribution in [3.8, 4) is 5.75 Å². The summed E-state index contributed by atoms with van der Waals surface area (Å²) in [6.45, 7) is 3.61. The first-order valence-corrected chi connectivity index (χ1v) is 9.89. The third-order valence-corrected chi connectivity index (χ3v) is 6.29. The third-order valence-electron chi connectivity index (χ3n) is 4.39. The molecule has 0 fully saturated rings. The van der Waals surface area contributed by atoms with Crippen molar-refractivity contribution in [1.29, 1.82) is 0 Å². The number of halogens is 1. The van der Waals surface area contributed by atoms with Crippen LogP contribution in [-0.2, 0) is 29.5 Å². The van der Waals surface area contributed by atoms with Gasteiger partial charge in [-0.05, 0) is 55.5 Å². The second-order valence-corrected chi connectivity index (χ2v) is 8.91. The van der Waals surface area contributed by atoms with Crippen LogP contribution in [0.4, 0.5) is 4.39 Å². The van der Waals surface area contributed by atoms with Crippen LogP contribution in [0, 0.1) is 5.82 Å². The van der Waals surface area contributed by atoms with Gasteiger partial charge in [0, 0.05) is 6.04 Å². The zero-order valence-corrected chi connectivity index (χ0v) is 15.1. The average Bonchev–Trinajstić information content (AvgIpc) is 2.94. The standard InChI is InChI=1S/C19H22FNO3S/c1-13(2)25(22,23)21-17-10-15-8-7-14(9-16(15)11-17)12-24-19-6-4-3-5-18(19)20/h3-9,13,17,21H,10-12H2,1-2H3. The summed E-state index contributed by atoms with van der Waals surface area (Å²) in [5.41, 5.74) is 3.20. The number of sulfonamides is 1. The fourth-order valence-corrected chi connectivity index (χ4v) is 3.84. The number of hydrogen-bond acceptors (Lipinski definition) is 3. The van der Waals surface area contributed by atoms with Crippen molar-refractivity contribution in [1.82, 2.24) is 4.72 Å². The molecule has 1 atom stereocenters. The molecule has 0 bridgehead atoms. The summed E-state index contributed by atoms with van der Waals surface area (Å²) in [7, 11) is -3.28. The van der Waals surface area contributed by atoms with Crippen LogP contribution in [0.1, 0.15) is 30.5 Å². The first kappa shape index (κ1) is 17.9. The maximum Gasteiger partial charge on any atom is 0.214 e. The summed E-state index contributed by atoms with van der Waals surface area (Å²) >= 11 is 0. The van der Waals surface area contributed by atoms with E-state index in [0.717, 1.165) is 16.7 Å². The van der Waals surface area contributed by atoms with Crippen molar-refractivity contribution in [2.45, 2.75) is 44.6 Å². The van der Waals surface area contributed by atoms with Crippen LogP contribution in [0.3, 0.4) is 0 Å². The van der Waals surface area contributed by atoms with Crippen LogP contribution >= 0.6 is 0 Å². The molecule has 1 aliphatic carbocycles. The maximum absolute atomic E-state index is 13.6. The Kier molecular flexibility index (Phi) is 5.11. The van der Waals surface area contributed by atoms with Gasteiger partial charge in [-0.15, -0.1) is 0 Å². The predicted molar refractivity (Wildman–Crippen MR) is 95.6 cm³/mol. The number of nitrogens with one attached hydrogen (secondary N) is 1. The molecule has 6 heteroatoms. The molecule has 0 amide bonds. The quantitative estimate of drug-likeness (QED) is 0.857. The zero-order chi connectivity index (χ0) is 18.0. The Morgan fingerprint density at radius 3 is 2.60 bits per heavy atom. The van der Waals surface area contributed by atoms with E-state index in [9.17, 15) is 12.8 Å². The highest BCUT2D eigenvalue weighted by molar-refractivity contribution is 7.90. The van der Waals surface area contributed by atoms with Gasteiger partial charge in [-0.25, -0.2) is 17.5 Å². The van der Waals surface area contributed by atoms with E-state index in [1.165, 1.54) is 6.07 Å². The van der Waals surface area contributed by atoms with E-state index in [2.05, 4.69) is 4.72 Å². The van der Waals surface area contributed by atoms with Crippen LogP contribution in [0.25, 0.3) is 0 Å². The summed E-state index contributed by atoms with van der Waals surface area (Å²) in [5, 5.41) is -0.444. The summed E-state index contributed by atoms with van der Waals surface area (Å²) < 4.78 is 46.0. The molecule has 0 saturated heterocycles. The number of para-hydroxylation sites is 1. The fraction of sp³-hybridized carbons (Fsp3) is 0.368. The van der Waals surface area contributed by atoms with Gasteiger partial charge in [0.15, 0.2) is 11.6 Å². The highest BCUT2D eigenvalue weighted by Gasteiger charge is 2.27. The van der Waals surface area contributed by atoms with Gasteiger partial charge in [-0.2, -0.15) is 0 Å². The summed E-state index contributed by atoms with van der Waals surface area (Å²) in [4.78, 5) is 0. The lowest BCUT2D eigenvalue weighted by Crippen LogP contribution is -2.39. The van der Waals surface area contributed by atoms with Crippen molar-refractivity contribution in [2.24, 2.45) is 0 Å². The van der Waals surface area contributed by atoms with Crippen molar-refractivity contribution >= 4 is 10.0 Å². The molecule has 25 heavy (non-hydrogen) atoms. The molecule has 134 valence electrons. The second-order valence-electron chi connectivity index (χ2n) is 6.64. The molecule has 0 spiro atoms. The highest BCUT2D eigenvalue weighted by atomic mass is 32.2. The molecule has 1 unspecified atom stereocenters. The van der Waals surface area contributed by atoms with E-state index >= 15 is 0 Å². The summed E-state index contributed by atoms with van der Waals surface area (Å²) in [6.07, 6.45) is 1.35. The second kappa shape index (κ2) is 7.14. The molecule has 0 saturated carbocycles. The minimum absolute atomic E-state index is 0.106. The first-order valence-electron chi connectivity index (χ1n) is 8.34. The molecule has 0 radical (unpaired) electrons. The molecular formula is C19H22FNO3S. The monoisotopic (exact) mass is 363 g/mol. The third kappa shape index (κ3) is 4.19. The number of hydrogen-bond donors (Lipinski definition) is 1. The Bertz CT molecular complexity index is 865. The minimum atomic E-state index is -3.28. The van der Waals surface area contributed by atoms with Crippen molar-refractivity contribution in [3.63, 3.8) is 0 Å². The molecule has 1 aliphatic rings. The molecule has 3 rings (SSSR count). The Labute approximate surface area is 148 Å². The van der Waals surface area contributed by atoms with Gasteiger partial charge in [-0.3, -0.25) is 0 Å². The van der Waals surface area contributed by atoms with Gasteiger partial charge in [0.25, 0.3) is 0 Å². The Morgan fingerprint density at radius 1 is 1.16 bits per heavy atom. The topological polar surface area (TPSA) is 55.4 Å². The van der Waals surface area contributed by atoms with Gasteiger partial charge in [0.2, 0.25) is 10.0 Å². The van der Waals surface area contributed by atoms with Crippen molar-refractivity contribution in [3.05, 3.63) is 65.0 Å². The summed E-state index contributed by atoms with van der Waals surface area (Å²) in [5.74, 6) is -0.155. The molecule has 2 aromatic rings. The first-order chi connectivity index (χ1) is 11.8. The number of ether oxygens (including phenoxy) is 1. The lowest BCUT2D eigenvalue weighted by atomic mass is 10.1. The van der Waals surface area contributed by atoms with E-state index < -0.39 is 15.3 Å². The Balaban J connectivity index is 1.65.